The van der Waals surface area contributed by atoms with Gasteiger partial charge in [0.05, 0.1) is 17.8 Å². The Labute approximate surface area is 188 Å². The Morgan fingerprint density at radius 1 is 0.742 bits per heavy atom. The van der Waals surface area contributed by atoms with Crippen LogP contribution in [0.15, 0.2) is 0 Å². The Balaban J connectivity index is 1.30. The van der Waals surface area contributed by atoms with E-state index < -0.39 is 5.60 Å². The van der Waals surface area contributed by atoms with E-state index in [0.717, 1.165) is 50.5 Å². The molecular weight excluding hydrogens is 386 g/mol. The van der Waals surface area contributed by atoms with Gasteiger partial charge in [-0.2, -0.15) is 0 Å². The minimum absolute atomic E-state index is 0.188. The van der Waals surface area contributed by atoms with Crippen molar-refractivity contribution in [1.29, 1.82) is 0 Å². The maximum Gasteiger partial charge on any atom is 0.0805 e. The van der Waals surface area contributed by atoms with Crippen molar-refractivity contribution >= 4 is 0 Å². The van der Waals surface area contributed by atoms with E-state index in [2.05, 4.69) is 25.7 Å². The molecule has 4 saturated carbocycles. The van der Waals surface area contributed by atoms with Gasteiger partial charge in [-0.1, -0.05) is 13.8 Å². The maximum absolute atomic E-state index is 11.8. The second kappa shape index (κ2) is 7.17. The zero-order valence-electron chi connectivity index (χ0n) is 19.9. The monoisotopic (exact) mass is 431 g/mol. The first-order chi connectivity index (χ1) is 14.7. The summed E-state index contributed by atoms with van der Waals surface area (Å²) in [7, 11) is 0. The van der Waals surface area contributed by atoms with Crippen LogP contribution in [0, 0.1) is 52.8 Å². The molecule has 4 nitrogen and oxygen atoms in total. The molecule has 0 aromatic carbocycles. The van der Waals surface area contributed by atoms with Gasteiger partial charge in [0, 0.05) is 19.1 Å². The normalized spacial score (nSPS) is 61.5. The van der Waals surface area contributed by atoms with Gasteiger partial charge in [0.2, 0.25) is 0 Å². The fraction of sp³-hybridized carbons (Fsp3) is 1.00. The molecule has 6 fully saturated rings. The molecule has 0 bridgehead atoms. The minimum Gasteiger partial charge on any atom is -0.393 e. The average Bonchev–Trinajstić information content (AvgIpc) is 3.09. The lowest BCUT2D eigenvalue weighted by atomic mass is 9.51. The quantitative estimate of drug-likeness (QED) is 0.547. The molecule has 3 N–H and O–H groups in total. The molecule has 0 amide bonds. The van der Waals surface area contributed by atoms with Crippen LogP contribution < -0.4 is 0 Å². The number of aliphatic hydroxyl groups excluding tert-OH is 2. The molecule has 13 atom stereocenters. The number of hydrogen-bond donors (Lipinski definition) is 3. The molecule has 6 aliphatic rings. The standard InChI is InChI=1S/C27H45NO3/c1-15-4-7-25-27(3,31)21-6-5-17-18(20(21)14-28(25)13-15)11-22-19(17)12-24(30)23-10-16(29)8-9-26(22,23)2/h15-25,29-31H,4-14H2,1-3H3/t15-,16-,17-,18-,19-,20+,21+,22+,23-,24-,25-,26+,27-/m0/s1. The summed E-state index contributed by atoms with van der Waals surface area (Å²) in [6, 6.07) is 0.355. The lowest BCUT2D eigenvalue weighted by molar-refractivity contribution is -0.176. The zero-order valence-corrected chi connectivity index (χ0v) is 19.9. The predicted molar refractivity (Wildman–Crippen MR) is 121 cm³/mol. The maximum atomic E-state index is 11.8. The summed E-state index contributed by atoms with van der Waals surface area (Å²) in [5.41, 5.74) is -0.365. The van der Waals surface area contributed by atoms with Crippen LogP contribution in [0.1, 0.15) is 78.6 Å². The number of hydrogen-bond acceptors (Lipinski definition) is 4. The van der Waals surface area contributed by atoms with E-state index in [-0.39, 0.29) is 23.5 Å². The van der Waals surface area contributed by atoms with E-state index in [4.69, 9.17) is 0 Å². The molecule has 0 spiro atoms. The fourth-order valence-corrected chi connectivity index (χ4v) is 10.6. The second-order valence-electron chi connectivity index (χ2n) is 13.4. The lowest BCUT2D eigenvalue weighted by Gasteiger charge is -2.60. The van der Waals surface area contributed by atoms with E-state index >= 15 is 0 Å². The van der Waals surface area contributed by atoms with Crippen LogP contribution in [0.3, 0.4) is 0 Å². The lowest BCUT2D eigenvalue weighted by Crippen LogP contribution is -2.67. The van der Waals surface area contributed by atoms with Crippen molar-refractivity contribution in [1.82, 2.24) is 4.90 Å². The highest BCUT2D eigenvalue weighted by Crippen LogP contribution is 2.67. The van der Waals surface area contributed by atoms with E-state index in [0.29, 0.717) is 35.6 Å². The molecule has 176 valence electrons. The molecule has 4 aliphatic carbocycles. The van der Waals surface area contributed by atoms with E-state index in [1.807, 2.05) is 0 Å². The van der Waals surface area contributed by atoms with Gasteiger partial charge in [0.1, 0.15) is 0 Å². The van der Waals surface area contributed by atoms with Gasteiger partial charge >= 0.3 is 0 Å². The highest BCUT2D eigenvalue weighted by molar-refractivity contribution is 5.14. The molecule has 0 radical (unpaired) electrons. The number of piperidine rings is 2. The van der Waals surface area contributed by atoms with Crippen molar-refractivity contribution in [3.05, 3.63) is 0 Å². The van der Waals surface area contributed by atoms with E-state index in [1.54, 1.807) is 0 Å². The zero-order chi connectivity index (χ0) is 21.7. The van der Waals surface area contributed by atoms with Crippen molar-refractivity contribution in [2.75, 3.05) is 13.1 Å². The molecule has 0 aromatic heterocycles. The number of fused-ring (bicyclic) bond motifs is 8. The van der Waals surface area contributed by atoms with Crippen molar-refractivity contribution in [2.24, 2.45) is 52.8 Å². The van der Waals surface area contributed by atoms with E-state index in [1.165, 1.54) is 32.2 Å². The van der Waals surface area contributed by atoms with Gasteiger partial charge in [-0.3, -0.25) is 4.90 Å². The Morgan fingerprint density at radius 3 is 2.35 bits per heavy atom. The van der Waals surface area contributed by atoms with Crippen molar-refractivity contribution in [3.8, 4) is 0 Å². The molecule has 4 heteroatoms. The first-order valence-electron chi connectivity index (χ1n) is 13.5. The van der Waals surface area contributed by atoms with Crippen molar-refractivity contribution in [2.45, 2.75) is 102 Å². The van der Waals surface area contributed by atoms with Gasteiger partial charge in [-0.05, 0) is 117 Å². The molecular formula is C27H45NO3. The highest BCUT2D eigenvalue weighted by Gasteiger charge is 2.64. The molecule has 0 aromatic rings. The summed E-state index contributed by atoms with van der Waals surface area (Å²) < 4.78 is 0. The first kappa shape index (κ1) is 21.4. The highest BCUT2D eigenvalue weighted by atomic mass is 16.3. The predicted octanol–water partition coefficient (Wildman–Crippen LogP) is 3.68. The van der Waals surface area contributed by atoms with E-state index in [9.17, 15) is 15.3 Å². The molecule has 0 unspecified atom stereocenters. The van der Waals surface area contributed by atoms with Crippen LogP contribution in [-0.2, 0) is 0 Å². The Bertz CT molecular complexity index is 711. The molecule has 2 saturated heterocycles. The minimum atomic E-state index is -0.553. The van der Waals surface area contributed by atoms with Crippen LogP contribution in [0.2, 0.25) is 0 Å². The average molecular weight is 432 g/mol. The summed E-state index contributed by atoms with van der Waals surface area (Å²) in [4.78, 5) is 2.68. The molecule has 31 heavy (non-hydrogen) atoms. The van der Waals surface area contributed by atoms with Gasteiger partial charge < -0.3 is 15.3 Å². The first-order valence-corrected chi connectivity index (χ1v) is 13.5. The second-order valence-corrected chi connectivity index (χ2v) is 13.4. The van der Waals surface area contributed by atoms with Crippen LogP contribution in [-0.4, -0.2) is 57.2 Å². The van der Waals surface area contributed by atoms with Crippen molar-refractivity contribution < 1.29 is 15.3 Å². The van der Waals surface area contributed by atoms with Crippen LogP contribution in [0.5, 0.6) is 0 Å². The number of rotatable bonds is 0. The SMILES string of the molecule is C[C@H]1CC[C@@H]2N(C1)C[C@@H]1[C@H]3C[C@@H]4[C@@H](C[C@H](O)[C@@H]5C[C@@H](O)CC[C@]45C)[C@H]3CC[C@H]1[C@]2(C)O. The van der Waals surface area contributed by atoms with Gasteiger partial charge in [-0.25, -0.2) is 0 Å². The molecule has 6 rings (SSSR count). The molecule has 2 aliphatic heterocycles. The summed E-state index contributed by atoms with van der Waals surface area (Å²) in [5, 5.41) is 33.3. The van der Waals surface area contributed by atoms with Gasteiger partial charge in [0.25, 0.3) is 0 Å². The summed E-state index contributed by atoms with van der Waals surface area (Å²) >= 11 is 0. The Hall–Kier alpha value is -0.160. The topological polar surface area (TPSA) is 63.9 Å². The summed E-state index contributed by atoms with van der Waals surface area (Å²) in [6.45, 7) is 9.36. The third-order valence-corrected chi connectivity index (χ3v) is 12.0. The molecule has 2 heterocycles. The fourth-order valence-electron chi connectivity index (χ4n) is 10.6. The van der Waals surface area contributed by atoms with Crippen LogP contribution in [0.25, 0.3) is 0 Å². The van der Waals surface area contributed by atoms with Gasteiger partial charge in [0.15, 0.2) is 0 Å². The van der Waals surface area contributed by atoms with Crippen molar-refractivity contribution in [3.63, 3.8) is 0 Å². The summed E-state index contributed by atoms with van der Waals surface area (Å²) in [5.74, 6) is 4.89. The Morgan fingerprint density at radius 2 is 1.55 bits per heavy atom. The number of aliphatic hydroxyl groups is 3. The largest absolute Gasteiger partial charge is 0.393 e. The Kier molecular flexibility index (Phi) is 4.94. The third kappa shape index (κ3) is 3.00. The van der Waals surface area contributed by atoms with Crippen LogP contribution >= 0.6 is 0 Å². The smallest absolute Gasteiger partial charge is 0.0805 e. The number of nitrogens with zero attached hydrogens (tertiary/aromatic N) is 1. The third-order valence-electron chi connectivity index (χ3n) is 12.0. The van der Waals surface area contributed by atoms with Gasteiger partial charge in [-0.15, -0.1) is 0 Å². The van der Waals surface area contributed by atoms with Crippen LogP contribution in [0.4, 0.5) is 0 Å². The summed E-state index contributed by atoms with van der Waals surface area (Å²) in [6.07, 6.45) is 9.43.